The van der Waals surface area contributed by atoms with Crippen molar-refractivity contribution in [3.05, 3.63) is 29.3 Å². The van der Waals surface area contributed by atoms with E-state index in [2.05, 4.69) is 0 Å². The van der Waals surface area contributed by atoms with Gasteiger partial charge in [-0.3, -0.25) is 4.79 Å². The molecular formula is C12H14ClNO4S. The minimum absolute atomic E-state index is 0.0180. The number of carboxylic acid groups (broad SMARTS) is 1. The molecule has 1 fully saturated rings. The average Bonchev–Trinajstić information content (AvgIpc) is 2.39. The van der Waals surface area contributed by atoms with E-state index in [0.29, 0.717) is 24.4 Å². The molecule has 1 aromatic carbocycles. The summed E-state index contributed by atoms with van der Waals surface area (Å²) in [5.74, 6) is -1.59. The Morgan fingerprint density at radius 1 is 1.42 bits per heavy atom. The van der Waals surface area contributed by atoms with Crippen molar-refractivity contribution in [1.29, 1.82) is 0 Å². The summed E-state index contributed by atoms with van der Waals surface area (Å²) in [5, 5.41) is 9.33. The van der Waals surface area contributed by atoms with E-state index in [0.717, 1.165) is 0 Å². The molecule has 0 bridgehead atoms. The summed E-state index contributed by atoms with van der Waals surface area (Å²) in [6.07, 6.45) is 1.06. The van der Waals surface area contributed by atoms with Crippen molar-refractivity contribution in [2.75, 3.05) is 13.1 Å². The molecule has 1 heterocycles. The fraction of sp³-hybridized carbons (Fsp3) is 0.417. The van der Waals surface area contributed by atoms with Crippen molar-refractivity contribution in [2.45, 2.75) is 17.7 Å². The lowest BCUT2D eigenvalue weighted by molar-refractivity contribution is -0.142. The monoisotopic (exact) mass is 303 g/mol. The van der Waals surface area contributed by atoms with Gasteiger partial charge in [-0.05, 0) is 31.0 Å². The smallest absolute Gasteiger partial charge is 0.307 e. The molecule has 5 nitrogen and oxygen atoms in total. The molecule has 0 spiro atoms. The molecule has 19 heavy (non-hydrogen) atoms. The molecule has 7 heteroatoms. The van der Waals surface area contributed by atoms with Gasteiger partial charge >= 0.3 is 5.97 Å². The number of halogens is 1. The van der Waals surface area contributed by atoms with Crippen LogP contribution >= 0.6 is 11.6 Å². The van der Waals surface area contributed by atoms with Crippen LogP contribution in [-0.4, -0.2) is 36.9 Å². The summed E-state index contributed by atoms with van der Waals surface area (Å²) < 4.78 is 26.0. The number of rotatable bonds is 3. The second kappa shape index (κ2) is 5.48. The average molecular weight is 304 g/mol. The summed E-state index contributed by atoms with van der Waals surface area (Å²) in [7, 11) is -3.67. The first-order chi connectivity index (χ1) is 8.91. The predicted octanol–water partition coefficient (Wildman–Crippen LogP) is 1.83. The van der Waals surface area contributed by atoms with Crippen molar-refractivity contribution in [1.82, 2.24) is 4.31 Å². The predicted molar refractivity (Wildman–Crippen MR) is 70.6 cm³/mol. The number of sulfonamides is 1. The second-order valence-electron chi connectivity index (χ2n) is 4.50. The van der Waals surface area contributed by atoms with Crippen molar-refractivity contribution in [3.8, 4) is 0 Å². The number of carbonyl (C=O) groups is 1. The topological polar surface area (TPSA) is 74.7 Å². The minimum Gasteiger partial charge on any atom is -0.481 e. The van der Waals surface area contributed by atoms with Crippen LogP contribution in [0.1, 0.15) is 12.8 Å². The van der Waals surface area contributed by atoms with E-state index in [9.17, 15) is 13.2 Å². The molecule has 0 unspecified atom stereocenters. The van der Waals surface area contributed by atoms with Crippen LogP contribution < -0.4 is 0 Å². The first kappa shape index (κ1) is 14.3. The molecule has 1 N–H and O–H groups in total. The van der Waals surface area contributed by atoms with E-state index in [1.807, 2.05) is 0 Å². The molecule has 1 saturated heterocycles. The number of piperidine rings is 1. The summed E-state index contributed by atoms with van der Waals surface area (Å²) in [6, 6.07) is 6.00. The maximum absolute atomic E-state index is 12.4. The van der Waals surface area contributed by atoms with E-state index in [4.69, 9.17) is 16.7 Å². The SMILES string of the molecule is O=C(O)[C@@H]1CCCN(S(=O)(=O)c2cccc(Cl)c2)C1. The van der Waals surface area contributed by atoms with Gasteiger partial charge in [0, 0.05) is 18.1 Å². The lowest BCUT2D eigenvalue weighted by Gasteiger charge is -2.29. The third-order valence-electron chi connectivity index (χ3n) is 3.17. The van der Waals surface area contributed by atoms with Gasteiger partial charge in [-0.15, -0.1) is 0 Å². The van der Waals surface area contributed by atoms with Crippen LogP contribution in [0.4, 0.5) is 0 Å². The van der Waals surface area contributed by atoms with Crippen LogP contribution in [0.3, 0.4) is 0 Å². The van der Waals surface area contributed by atoms with Crippen LogP contribution in [0.25, 0.3) is 0 Å². The molecule has 0 amide bonds. The molecule has 0 aromatic heterocycles. The molecule has 1 atom stereocenters. The number of aliphatic carboxylic acids is 1. The van der Waals surface area contributed by atoms with Crippen LogP contribution in [-0.2, 0) is 14.8 Å². The summed E-state index contributed by atoms with van der Waals surface area (Å²) in [5.41, 5.74) is 0. The molecule has 0 saturated carbocycles. The van der Waals surface area contributed by atoms with Crippen LogP contribution in [0.2, 0.25) is 5.02 Å². The third-order valence-corrected chi connectivity index (χ3v) is 5.26. The van der Waals surface area contributed by atoms with Gasteiger partial charge in [0.05, 0.1) is 10.8 Å². The Balaban J connectivity index is 2.27. The van der Waals surface area contributed by atoms with Gasteiger partial charge in [0.2, 0.25) is 10.0 Å². The zero-order chi connectivity index (χ0) is 14.0. The first-order valence-electron chi connectivity index (χ1n) is 5.90. The van der Waals surface area contributed by atoms with E-state index in [1.165, 1.54) is 16.4 Å². The molecule has 0 aliphatic carbocycles. The van der Waals surface area contributed by atoms with Gasteiger partial charge in [0.25, 0.3) is 0 Å². The molecule has 1 aromatic rings. The molecule has 104 valence electrons. The Bertz CT molecular complexity index is 587. The number of carboxylic acids is 1. The second-order valence-corrected chi connectivity index (χ2v) is 6.87. The van der Waals surface area contributed by atoms with Gasteiger partial charge in [-0.25, -0.2) is 8.42 Å². The van der Waals surface area contributed by atoms with E-state index >= 15 is 0 Å². The fourth-order valence-corrected chi connectivity index (χ4v) is 3.96. The lowest BCUT2D eigenvalue weighted by Crippen LogP contribution is -2.42. The number of hydrogen-bond donors (Lipinski definition) is 1. The summed E-state index contributed by atoms with van der Waals surface area (Å²) in [6.45, 7) is 0.364. The van der Waals surface area contributed by atoms with Crippen LogP contribution in [0.15, 0.2) is 29.2 Å². The maximum atomic E-state index is 12.4. The van der Waals surface area contributed by atoms with Crippen molar-refractivity contribution in [2.24, 2.45) is 5.92 Å². The standard InChI is InChI=1S/C12H14ClNO4S/c13-10-4-1-5-11(7-10)19(17,18)14-6-2-3-9(8-14)12(15)16/h1,4-5,7,9H,2-3,6,8H2,(H,15,16)/t9-/m1/s1. The highest BCUT2D eigenvalue weighted by atomic mass is 35.5. The summed E-state index contributed by atoms with van der Waals surface area (Å²) >= 11 is 5.79. The zero-order valence-electron chi connectivity index (χ0n) is 10.1. The Morgan fingerprint density at radius 3 is 2.79 bits per heavy atom. The third kappa shape index (κ3) is 3.08. The maximum Gasteiger partial charge on any atom is 0.307 e. The fourth-order valence-electron chi connectivity index (χ4n) is 2.14. The number of benzene rings is 1. The normalized spacial score (nSPS) is 21.2. The largest absolute Gasteiger partial charge is 0.481 e. The Labute approximate surface area is 116 Å². The van der Waals surface area contributed by atoms with E-state index in [1.54, 1.807) is 12.1 Å². The molecular weight excluding hydrogens is 290 g/mol. The van der Waals surface area contributed by atoms with Gasteiger partial charge < -0.3 is 5.11 Å². The molecule has 0 radical (unpaired) electrons. The van der Waals surface area contributed by atoms with Gasteiger partial charge in [0.1, 0.15) is 0 Å². The summed E-state index contributed by atoms with van der Waals surface area (Å²) in [4.78, 5) is 11.1. The van der Waals surface area contributed by atoms with Crippen LogP contribution in [0.5, 0.6) is 0 Å². The molecule has 1 aliphatic rings. The molecule has 2 rings (SSSR count). The molecule has 1 aliphatic heterocycles. The number of hydrogen-bond acceptors (Lipinski definition) is 3. The minimum atomic E-state index is -3.67. The Kier molecular flexibility index (Phi) is 4.13. The van der Waals surface area contributed by atoms with Crippen LogP contribution in [0, 0.1) is 5.92 Å². The zero-order valence-corrected chi connectivity index (χ0v) is 11.7. The lowest BCUT2D eigenvalue weighted by atomic mass is 10.0. The van der Waals surface area contributed by atoms with E-state index in [-0.39, 0.29) is 11.4 Å². The highest BCUT2D eigenvalue weighted by Gasteiger charge is 2.33. The van der Waals surface area contributed by atoms with Gasteiger partial charge in [0.15, 0.2) is 0 Å². The highest BCUT2D eigenvalue weighted by molar-refractivity contribution is 7.89. The van der Waals surface area contributed by atoms with Crippen molar-refractivity contribution >= 4 is 27.6 Å². The van der Waals surface area contributed by atoms with Gasteiger partial charge in [-0.1, -0.05) is 17.7 Å². The van der Waals surface area contributed by atoms with Crippen molar-refractivity contribution in [3.63, 3.8) is 0 Å². The Morgan fingerprint density at radius 2 is 2.16 bits per heavy atom. The highest BCUT2D eigenvalue weighted by Crippen LogP contribution is 2.25. The Hall–Kier alpha value is -1.11. The van der Waals surface area contributed by atoms with Gasteiger partial charge in [-0.2, -0.15) is 4.31 Å². The first-order valence-corrected chi connectivity index (χ1v) is 7.71. The van der Waals surface area contributed by atoms with Crippen molar-refractivity contribution < 1.29 is 18.3 Å². The quantitative estimate of drug-likeness (QED) is 0.924. The number of nitrogens with zero attached hydrogens (tertiary/aromatic N) is 1. The van der Waals surface area contributed by atoms with E-state index < -0.39 is 21.9 Å².